The fourth-order valence-electron chi connectivity index (χ4n) is 0. The summed E-state index contributed by atoms with van der Waals surface area (Å²) >= 11 is 0. The maximum Gasteiger partial charge on any atom is 2.00 e. The summed E-state index contributed by atoms with van der Waals surface area (Å²) in [6.07, 6.45) is 0. The molecule has 0 heterocycles. The summed E-state index contributed by atoms with van der Waals surface area (Å²) in [7, 11) is 0. The fourth-order valence-corrected chi connectivity index (χ4v) is 0. The zero-order valence-corrected chi connectivity index (χ0v) is 6.10. The maximum atomic E-state index is 0. The van der Waals surface area contributed by atoms with E-state index in [9.17, 15) is 0 Å². The minimum absolute atomic E-state index is 0. The Kier molecular flexibility index (Phi) is 146. The van der Waals surface area contributed by atoms with E-state index < -0.39 is 0 Å². The molecule has 0 saturated heterocycles. The Bertz CT molecular complexity index is 14.9. The first-order chi connectivity index (χ1) is 0. The van der Waals surface area contributed by atoms with Crippen LogP contribution in [0.25, 0.3) is 0 Å². The molecule has 0 unspecified atom stereocenters. The standard InChI is InChI=1S/Al.Cu.Li.Mg.3H/q;;+1;+2;3*-1. The van der Waals surface area contributed by atoms with E-state index in [1.165, 1.54) is 0 Å². The molecule has 0 aliphatic carbocycles. The van der Waals surface area contributed by atoms with Crippen LogP contribution in [0.1, 0.15) is 4.28 Å². The molecule has 20 valence electrons. The van der Waals surface area contributed by atoms with Crippen LogP contribution in [0.3, 0.4) is 0 Å². The van der Waals surface area contributed by atoms with Gasteiger partial charge in [0.2, 0.25) is 0 Å². The normalized spacial score (nSPS) is 0. The van der Waals surface area contributed by atoms with Crippen molar-refractivity contribution in [3.8, 4) is 0 Å². The molecular weight excluding hydrogens is 122 g/mol. The summed E-state index contributed by atoms with van der Waals surface area (Å²) in [5.74, 6) is 0. The molecule has 0 nitrogen and oxygen atoms in total. The van der Waals surface area contributed by atoms with Gasteiger partial charge in [0.05, 0.1) is 0 Å². The first-order valence-electron chi connectivity index (χ1n) is 0. The minimum Gasteiger partial charge on any atom is -1.00 e. The SMILES string of the molecule is [Al].[Cu].[H-].[H-].[H-].[Li+].[Mg+2]. The van der Waals surface area contributed by atoms with Crippen molar-refractivity contribution in [1.29, 1.82) is 0 Å². The Morgan fingerprint density at radius 2 is 1.25 bits per heavy atom. The molecule has 0 bridgehead atoms. The zero-order chi connectivity index (χ0) is 0. The van der Waals surface area contributed by atoms with E-state index in [2.05, 4.69) is 0 Å². The molecule has 0 spiro atoms. The zero-order valence-electron chi connectivity index (χ0n) is 5.59. The summed E-state index contributed by atoms with van der Waals surface area (Å²) in [6.45, 7) is 0. The second kappa shape index (κ2) is 18.1. The summed E-state index contributed by atoms with van der Waals surface area (Å²) in [4.78, 5) is 0. The van der Waals surface area contributed by atoms with Crippen LogP contribution in [0.4, 0.5) is 0 Å². The van der Waals surface area contributed by atoms with Crippen molar-refractivity contribution in [3.63, 3.8) is 0 Å². The second-order valence-electron chi connectivity index (χ2n) is 0. The van der Waals surface area contributed by atoms with Gasteiger partial charge >= 0.3 is 41.9 Å². The Labute approximate surface area is 79.9 Å². The smallest absolute Gasteiger partial charge is 1.00 e. The molecule has 0 amide bonds. The molecule has 0 aliphatic heterocycles. The first kappa shape index (κ1) is 32.2. The monoisotopic (exact) mass is 124 g/mol. The van der Waals surface area contributed by atoms with Gasteiger partial charge in [0.25, 0.3) is 0 Å². The van der Waals surface area contributed by atoms with Crippen molar-refractivity contribution in [2.24, 2.45) is 0 Å². The first-order valence-corrected chi connectivity index (χ1v) is 0. The molecule has 0 atom stereocenters. The summed E-state index contributed by atoms with van der Waals surface area (Å²) < 4.78 is 0. The Morgan fingerprint density at radius 1 is 1.25 bits per heavy atom. The Hall–Kier alpha value is 2.42. The third kappa shape index (κ3) is 8.83. The number of hydrogen-bond acceptors (Lipinski definition) is 0. The molecular formula is H3AlCuLiMg. The number of rotatable bonds is 0. The fraction of sp³-hybridized carbons (Fsp3) is 0. The van der Waals surface area contributed by atoms with Crippen LogP contribution in [0.2, 0.25) is 0 Å². The Balaban J connectivity index is 0. The van der Waals surface area contributed by atoms with Gasteiger partial charge in [0.1, 0.15) is 0 Å². The van der Waals surface area contributed by atoms with Gasteiger partial charge in [-0.1, -0.05) is 0 Å². The predicted molar refractivity (Wildman–Crippen MR) is 14.8 cm³/mol. The molecule has 0 aliphatic rings. The molecule has 0 aromatic heterocycles. The van der Waals surface area contributed by atoms with E-state index in [4.69, 9.17) is 0 Å². The van der Waals surface area contributed by atoms with Gasteiger partial charge in [-0.05, 0) is 0 Å². The second-order valence-corrected chi connectivity index (χ2v) is 0. The van der Waals surface area contributed by atoms with Crippen LogP contribution < -0.4 is 18.9 Å². The van der Waals surface area contributed by atoms with Crippen molar-refractivity contribution < 1.29 is 40.2 Å². The van der Waals surface area contributed by atoms with E-state index >= 15 is 0 Å². The molecule has 0 aromatic rings. The molecule has 0 aromatic carbocycles. The van der Waals surface area contributed by atoms with Crippen LogP contribution in [0.5, 0.6) is 0 Å². The van der Waals surface area contributed by atoms with Gasteiger partial charge in [0.15, 0.2) is 0 Å². The quantitative estimate of drug-likeness (QED) is 0.295. The molecule has 4 radical (unpaired) electrons. The average Bonchev–Trinajstić information content (AvgIpc) is 0. The molecule has 4 heteroatoms. The Morgan fingerprint density at radius 3 is 1.25 bits per heavy atom. The third-order valence-corrected chi connectivity index (χ3v) is 0. The maximum absolute atomic E-state index is 0. The molecule has 0 N–H and O–H groups in total. The van der Waals surface area contributed by atoms with Crippen LogP contribution in [-0.4, -0.2) is 40.4 Å². The van der Waals surface area contributed by atoms with E-state index in [1.807, 2.05) is 0 Å². The van der Waals surface area contributed by atoms with E-state index in [0.717, 1.165) is 0 Å². The summed E-state index contributed by atoms with van der Waals surface area (Å²) in [5.41, 5.74) is 0. The van der Waals surface area contributed by atoms with Crippen LogP contribution >= 0.6 is 0 Å². The molecule has 0 rings (SSSR count). The van der Waals surface area contributed by atoms with Crippen molar-refractivity contribution in [3.05, 3.63) is 0 Å². The van der Waals surface area contributed by atoms with E-state index in [1.54, 1.807) is 0 Å². The van der Waals surface area contributed by atoms with E-state index in [0.29, 0.717) is 0 Å². The molecule has 0 saturated carbocycles. The van der Waals surface area contributed by atoms with Crippen molar-refractivity contribution in [1.82, 2.24) is 0 Å². The van der Waals surface area contributed by atoms with Crippen LogP contribution in [0, 0.1) is 0 Å². The van der Waals surface area contributed by atoms with Gasteiger partial charge in [-0.15, -0.1) is 0 Å². The largest absolute Gasteiger partial charge is 2.00 e. The van der Waals surface area contributed by atoms with Crippen LogP contribution in [0.15, 0.2) is 0 Å². The summed E-state index contributed by atoms with van der Waals surface area (Å²) in [5, 5.41) is 0. The minimum atomic E-state index is 0. The molecule has 4 heavy (non-hydrogen) atoms. The van der Waals surface area contributed by atoms with Gasteiger partial charge < -0.3 is 4.28 Å². The van der Waals surface area contributed by atoms with Crippen molar-refractivity contribution >= 4 is 40.4 Å². The van der Waals surface area contributed by atoms with Gasteiger partial charge in [-0.25, -0.2) is 0 Å². The van der Waals surface area contributed by atoms with Crippen molar-refractivity contribution in [2.75, 3.05) is 0 Å². The van der Waals surface area contributed by atoms with Crippen molar-refractivity contribution in [2.45, 2.75) is 0 Å². The topological polar surface area (TPSA) is 0 Å². The predicted octanol–water partition coefficient (Wildman–Crippen LogP) is -3.42. The van der Waals surface area contributed by atoms with Crippen LogP contribution in [-0.2, 0) is 17.1 Å². The molecule has 0 fully saturated rings. The summed E-state index contributed by atoms with van der Waals surface area (Å²) in [6, 6.07) is 0. The average molecular weight is 125 g/mol. The van der Waals surface area contributed by atoms with Gasteiger partial charge in [0, 0.05) is 34.4 Å². The van der Waals surface area contributed by atoms with Gasteiger partial charge in [-0.3, -0.25) is 0 Å². The number of hydrogen-bond donors (Lipinski definition) is 0. The van der Waals surface area contributed by atoms with E-state index in [-0.39, 0.29) is 80.6 Å². The van der Waals surface area contributed by atoms with Gasteiger partial charge in [-0.2, -0.15) is 0 Å². The third-order valence-electron chi connectivity index (χ3n) is 0.